The van der Waals surface area contributed by atoms with Crippen molar-refractivity contribution >= 4 is 34.4 Å². The Kier molecular flexibility index (Phi) is 6.24. The van der Waals surface area contributed by atoms with E-state index in [-0.39, 0.29) is 24.1 Å². The van der Waals surface area contributed by atoms with Gasteiger partial charge >= 0.3 is 0 Å². The van der Waals surface area contributed by atoms with Gasteiger partial charge in [-0.1, -0.05) is 42.1 Å². The number of rotatable bonds is 5. The largest absolute Gasteiger partial charge is 0.355 e. The third kappa shape index (κ3) is 5.17. The molecule has 1 unspecified atom stereocenters. The first-order valence-electron chi connectivity index (χ1n) is 8.62. The second kappa shape index (κ2) is 8.81. The molecule has 0 aliphatic carbocycles. The fraction of sp³-hybridized carbons (Fsp3) is 0.250. The summed E-state index contributed by atoms with van der Waals surface area (Å²) in [5.74, 6) is -0.697. The maximum Gasteiger partial charge on any atom is 0.234 e. The Balaban J connectivity index is 1.62. The predicted molar refractivity (Wildman–Crippen MR) is 105 cm³/mol. The van der Waals surface area contributed by atoms with Gasteiger partial charge in [0.2, 0.25) is 11.8 Å². The highest BCUT2D eigenvalue weighted by atomic mass is 32.2. The Morgan fingerprint density at radius 1 is 1.22 bits per heavy atom. The number of carbonyl (C=O) groups excluding carboxylic acids is 2. The number of carbonyl (C=O) groups is 2. The molecule has 27 heavy (non-hydrogen) atoms. The molecule has 0 saturated carbocycles. The summed E-state index contributed by atoms with van der Waals surface area (Å²) in [7, 11) is 1.63. The van der Waals surface area contributed by atoms with Crippen LogP contribution in [0.25, 0.3) is 0 Å². The quantitative estimate of drug-likeness (QED) is 0.860. The summed E-state index contributed by atoms with van der Waals surface area (Å²) in [6.07, 6.45) is 0.856. The van der Waals surface area contributed by atoms with Crippen LogP contribution in [-0.4, -0.2) is 40.7 Å². The zero-order chi connectivity index (χ0) is 19.2. The van der Waals surface area contributed by atoms with Gasteiger partial charge in [-0.05, 0) is 36.2 Å². The Hall–Kier alpha value is -2.67. The van der Waals surface area contributed by atoms with Crippen molar-refractivity contribution in [3.63, 3.8) is 0 Å². The maximum absolute atomic E-state index is 13.0. The van der Waals surface area contributed by atoms with Gasteiger partial charge in [0.25, 0.3) is 0 Å². The Morgan fingerprint density at radius 3 is 2.63 bits per heavy atom. The fourth-order valence-corrected chi connectivity index (χ4v) is 3.70. The van der Waals surface area contributed by atoms with Crippen LogP contribution in [0.2, 0.25) is 0 Å². The molecule has 0 radical (unpaired) electrons. The number of aliphatic imine (C=N–C) groups is 1. The Labute approximate surface area is 161 Å². The summed E-state index contributed by atoms with van der Waals surface area (Å²) in [6.45, 7) is 0.508. The van der Waals surface area contributed by atoms with Crippen molar-refractivity contribution < 1.29 is 14.0 Å². The van der Waals surface area contributed by atoms with Crippen LogP contribution in [0.15, 0.2) is 59.6 Å². The van der Waals surface area contributed by atoms with E-state index in [0.717, 1.165) is 12.0 Å². The summed E-state index contributed by atoms with van der Waals surface area (Å²) in [6, 6.07) is 15.6. The molecule has 2 amide bonds. The number of halogens is 1. The van der Waals surface area contributed by atoms with Gasteiger partial charge in [-0.25, -0.2) is 9.38 Å². The minimum absolute atomic E-state index is 0.126. The highest BCUT2D eigenvalue weighted by Crippen LogP contribution is 2.28. The fourth-order valence-electron chi connectivity index (χ4n) is 2.61. The van der Waals surface area contributed by atoms with Crippen LogP contribution in [-0.2, 0) is 16.0 Å². The van der Waals surface area contributed by atoms with Crippen LogP contribution < -0.4 is 5.32 Å². The first kappa shape index (κ1) is 19.1. The van der Waals surface area contributed by atoms with E-state index in [1.54, 1.807) is 7.05 Å². The molecule has 1 aliphatic heterocycles. The van der Waals surface area contributed by atoms with Crippen molar-refractivity contribution in [3.8, 4) is 0 Å². The monoisotopic (exact) mass is 385 g/mol. The smallest absolute Gasteiger partial charge is 0.234 e. The van der Waals surface area contributed by atoms with Crippen LogP contribution in [0.3, 0.4) is 0 Å². The van der Waals surface area contributed by atoms with Crippen molar-refractivity contribution in [1.29, 1.82) is 0 Å². The standard InChI is InChI=1S/C20H20FN3O2S/c1-24-18(25)13-17(19(26)22-12-11-14-5-3-2-4-6-14)27-20(24)23-16-9-7-15(21)8-10-16/h2-10,17H,11-13H2,1H3,(H,22,26). The first-order chi connectivity index (χ1) is 13.0. The van der Waals surface area contributed by atoms with Crippen LogP contribution >= 0.6 is 11.8 Å². The van der Waals surface area contributed by atoms with Crippen molar-refractivity contribution in [2.45, 2.75) is 18.1 Å². The van der Waals surface area contributed by atoms with Gasteiger partial charge in [0.1, 0.15) is 5.82 Å². The molecular formula is C20H20FN3O2S. The minimum Gasteiger partial charge on any atom is -0.355 e. The van der Waals surface area contributed by atoms with Gasteiger partial charge < -0.3 is 5.32 Å². The van der Waals surface area contributed by atoms with E-state index in [2.05, 4.69) is 10.3 Å². The minimum atomic E-state index is -0.524. The summed E-state index contributed by atoms with van der Waals surface area (Å²) in [5.41, 5.74) is 1.67. The maximum atomic E-state index is 13.0. The molecule has 140 valence electrons. The summed E-state index contributed by atoms with van der Waals surface area (Å²) >= 11 is 1.25. The molecule has 3 rings (SSSR count). The van der Waals surface area contributed by atoms with Crippen molar-refractivity contribution in [1.82, 2.24) is 10.2 Å². The van der Waals surface area contributed by atoms with Gasteiger partial charge in [0.15, 0.2) is 5.17 Å². The molecule has 2 aromatic rings. The molecule has 0 bridgehead atoms. The summed E-state index contributed by atoms with van der Waals surface area (Å²) in [5, 5.41) is 2.80. The van der Waals surface area contributed by atoms with Gasteiger partial charge in [-0.15, -0.1) is 0 Å². The van der Waals surface area contributed by atoms with Gasteiger partial charge in [-0.3, -0.25) is 14.5 Å². The van der Waals surface area contributed by atoms with Gasteiger partial charge in [-0.2, -0.15) is 0 Å². The molecule has 1 atom stereocenters. The molecule has 1 aliphatic rings. The van der Waals surface area contributed by atoms with Crippen LogP contribution in [0.1, 0.15) is 12.0 Å². The van der Waals surface area contributed by atoms with Crippen molar-refractivity contribution in [2.75, 3.05) is 13.6 Å². The second-order valence-electron chi connectivity index (χ2n) is 6.16. The first-order valence-corrected chi connectivity index (χ1v) is 9.50. The number of thioether (sulfide) groups is 1. The third-order valence-electron chi connectivity index (χ3n) is 4.17. The number of amidine groups is 1. The lowest BCUT2D eigenvalue weighted by Gasteiger charge is -2.28. The molecule has 1 heterocycles. The third-order valence-corrected chi connectivity index (χ3v) is 5.41. The van der Waals surface area contributed by atoms with Gasteiger partial charge in [0.05, 0.1) is 10.9 Å². The highest BCUT2D eigenvalue weighted by Gasteiger charge is 2.33. The zero-order valence-electron chi connectivity index (χ0n) is 14.9. The Morgan fingerprint density at radius 2 is 1.93 bits per heavy atom. The average Bonchev–Trinajstić information content (AvgIpc) is 2.67. The number of amides is 2. The molecule has 0 aromatic heterocycles. The average molecular weight is 385 g/mol. The molecule has 1 fully saturated rings. The lowest BCUT2D eigenvalue weighted by atomic mass is 10.1. The van der Waals surface area contributed by atoms with E-state index in [9.17, 15) is 14.0 Å². The summed E-state index contributed by atoms with van der Waals surface area (Å²) in [4.78, 5) is 30.5. The predicted octanol–water partition coefficient (Wildman–Crippen LogP) is 3.14. The van der Waals surface area contributed by atoms with E-state index < -0.39 is 5.25 Å². The Bertz CT molecular complexity index is 840. The normalized spacial score (nSPS) is 18.6. The zero-order valence-corrected chi connectivity index (χ0v) is 15.7. The van der Waals surface area contributed by atoms with E-state index in [0.29, 0.717) is 17.4 Å². The molecule has 1 N–H and O–H groups in total. The molecule has 5 nitrogen and oxygen atoms in total. The number of nitrogens with one attached hydrogen (secondary N) is 1. The van der Waals surface area contributed by atoms with Crippen LogP contribution in [0.4, 0.5) is 10.1 Å². The highest BCUT2D eigenvalue weighted by molar-refractivity contribution is 8.15. The number of benzene rings is 2. The molecule has 7 heteroatoms. The van der Waals surface area contributed by atoms with Gasteiger partial charge in [0, 0.05) is 20.0 Å². The lowest BCUT2D eigenvalue weighted by molar-refractivity contribution is -0.129. The topological polar surface area (TPSA) is 61.8 Å². The van der Waals surface area contributed by atoms with E-state index >= 15 is 0 Å². The molecular weight excluding hydrogens is 365 g/mol. The molecule has 1 saturated heterocycles. The van der Waals surface area contributed by atoms with E-state index in [4.69, 9.17) is 0 Å². The van der Waals surface area contributed by atoms with E-state index in [1.807, 2.05) is 30.3 Å². The summed E-state index contributed by atoms with van der Waals surface area (Å²) < 4.78 is 13.0. The van der Waals surface area contributed by atoms with Crippen molar-refractivity contribution in [2.24, 2.45) is 4.99 Å². The number of hydrogen-bond acceptors (Lipinski definition) is 4. The second-order valence-corrected chi connectivity index (χ2v) is 7.33. The molecule has 2 aromatic carbocycles. The van der Waals surface area contributed by atoms with Crippen molar-refractivity contribution in [3.05, 3.63) is 66.0 Å². The van der Waals surface area contributed by atoms with Crippen LogP contribution in [0, 0.1) is 5.82 Å². The lowest BCUT2D eigenvalue weighted by Crippen LogP contribution is -2.45. The SMILES string of the molecule is CN1C(=O)CC(C(=O)NCCc2ccccc2)SC1=Nc1ccc(F)cc1. The number of hydrogen-bond donors (Lipinski definition) is 1. The number of nitrogens with zero attached hydrogens (tertiary/aromatic N) is 2. The molecule has 0 spiro atoms. The van der Waals surface area contributed by atoms with E-state index in [1.165, 1.54) is 40.9 Å². The van der Waals surface area contributed by atoms with Crippen LogP contribution in [0.5, 0.6) is 0 Å².